The molecule has 30 heavy (non-hydrogen) atoms. The van der Waals surface area contributed by atoms with Crippen molar-refractivity contribution in [1.82, 2.24) is 0 Å². The molecule has 2 heteroatoms. The van der Waals surface area contributed by atoms with Crippen LogP contribution in [0.3, 0.4) is 0 Å². The van der Waals surface area contributed by atoms with Crippen LogP contribution in [0.5, 0.6) is 0 Å². The minimum absolute atomic E-state index is 0.543. The number of rotatable bonds is 6. The van der Waals surface area contributed by atoms with Gasteiger partial charge < -0.3 is 11.5 Å². The Kier molecular flexibility index (Phi) is 6.19. The highest BCUT2D eigenvalue weighted by atomic mass is 14.5. The maximum atomic E-state index is 5.80. The van der Waals surface area contributed by atoms with Crippen LogP contribution < -0.4 is 11.5 Å². The van der Waals surface area contributed by atoms with Crippen molar-refractivity contribution in [2.75, 3.05) is 0 Å². The Labute approximate surface area is 178 Å². The van der Waals surface area contributed by atoms with Gasteiger partial charge in [0, 0.05) is 13.1 Å². The molecule has 148 valence electrons. The van der Waals surface area contributed by atoms with Crippen LogP contribution in [0.15, 0.2) is 103 Å². The summed E-state index contributed by atoms with van der Waals surface area (Å²) in [4.78, 5) is 0. The first kappa shape index (κ1) is 19.8. The summed E-state index contributed by atoms with van der Waals surface area (Å²) in [5, 5.41) is 0. The number of hydrogen-bond donors (Lipinski definition) is 2. The predicted molar refractivity (Wildman–Crippen MR) is 128 cm³/mol. The minimum atomic E-state index is 0.543. The van der Waals surface area contributed by atoms with E-state index >= 15 is 0 Å². The zero-order chi connectivity index (χ0) is 20.8. The monoisotopic (exact) mass is 390 g/mol. The van der Waals surface area contributed by atoms with Crippen molar-refractivity contribution >= 4 is 11.6 Å². The molecule has 0 saturated heterocycles. The summed E-state index contributed by atoms with van der Waals surface area (Å²) in [6.07, 6.45) is 2.28. The summed E-state index contributed by atoms with van der Waals surface area (Å²) in [6, 6.07) is 36.0. The van der Waals surface area contributed by atoms with Gasteiger partial charge in [0.15, 0.2) is 0 Å². The van der Waals surface area contributed by atoms with Gasteiger partial charge in [-0.3, -0.25) is 0 Å². The van der Waals surface area contributed by atoms with Crippen LogP contribution in [-0.4, -0.2) is 0 Å². The smallest absolute Gasteiger partial charge is 0.0178 e. The van der Waals surface area contributed by atoms with E-state index in [1.807, 2.05) is 6.07 Å². The van der Waals surface area contributed by atoms with E-state index in [4.69, 9.17) is 11.5 Å². The van der Waals surface area contributed by atoms with E-state index < -0.39 is 0 Å². The Morgan fingerprint density at radius 2 is 1.07 bits per heavy atom. The second kappa shape index (κ2) is 9.36. The summed E-state index contributed by atoms with van der Waals surface area (Å²) in [5.41, 5.74) is 21.0. The molecule has 0 spiro atoms. The van der Waals surface area contributed by atoms with Crippen LogP contribution in [0.25, 0.3) is 22.8 Å². The molecule has 0 radical (unpaired) electrons. The van der Waals surface area contributed by atoms with Crippen LogP contribution >= 0.6 is 0 Å². The molecule has 0 bridgehead atoms. The highest BCUT2D eigenvalue weighted by Gasteiger charge is 2.09. The fraction of sp³-hybridized carbons (Fsp3) is 0.0714. The van der Waals surface area contributed by atoms with E-state index in [0.717, 1.165) is 22.3 Å². The lowest BCUT2D eigenvalue weighted by atomic mass is 9.91. The molecule has 0 aliphatic carbocycles. The summed E-state index contributed by atoms with van der Waals surface area (Å²) >= 11 is 0. The fourth-order valence-electron chi connectivity index (χ4n) is 3.63. The number of hydrogen-bond acceptors (Lipinski definition) is 2. The van der Waals surface area contributed by atoms with Gasteiger partial charge in [-0.25, -0.2) is 0 Å². The third-order valence-electron chi connectivity index (χ3n) is 5.35. The predicted octanol–water partition coefficient (Wildman–Crippen LogP) is 5.86. The van der Waals surface area contributed by atoms with E-state index in [1.54, 1.807) is 0 Å². The standard InChI is InChI=1S/C28H26N2/c29-19-21-10-14-24(15-11-21)28(25-16-12-22(20-30)13-17-25)18-26-8-4-5-9-27(26)23-6-2-1-3-7-23/h1-18H,19-20,29-30H2. The van der Waals surface area contributed by atoms with Crippen molar-refractivity contribution in [2.45, 2.75) is 13.1 Å². The van der Waals surface area contributed by atoms with Crippen molar-refractivity contribution in [3.8, 4) is 11.1 Å². The Morgan fingerprint density at radius 3 is 1.60 bits per heavy atom. The van der Waals surface area contributed by atoms with E-state index in [9.17, 15) is 0 Å². The first-order valence-corrected chi connectivity index (χ1v) is 10.2. The molecule has 0 amide bonds. The number of benzene rings is 4. The Hall–Kier alpha value is -3.46. The average molecular weight is 391 g/mol. The summed E-state index contributed by atoms with van der Waals surface area (Å²) in [6.45, 7) is 1.09. The van der Waals surface area contributed by atoms with E-state index in [0.29, 0.717) is 13.1 Å². The van der Waals surface area contributed by atoms with E-state index in [-0.39, 0.29) is 0 Å². The van der Waals surface area contributed by atoms with E-state index in [2.05, 4.69) is 103 Å². The molecule has 0 aliphatic heterocycles. The Bertz CT molecular complexity index is 1080. The highest BCUT2D eigenvalue weighted by molar-refractivity contribution is 5.94. The van der Waals surface area contributed by atoms with Gasteiger partial charge in [0.25, 0.3) is 0 Å². The van der Waals surface area contributed by atoms with Crippen LogP contribution in [0.1, 0.15) is 27.8 Å². The maximum Gasteiger partial charge on any atom is 0.0178 e. The normalized spacial score (nSPS) is 10.6. The molecule has 2 nitrogen and oxygen atoms in total. The molecule has 4 rings (SSSR count). The topological polar surface area (TPSA) is 52.0 Å². The second-order valence-corrected chi connectivity index (χ2v) is 7.31. The SMILES string of the molecule is NCc1ccc(C(=Cc2ccccc2-c2ccccc2)c2ccc(CN)cc2)cc1. The lowest BCUT2D eigenvalue weighted by molar-refractivity contribution is 1.07. The van der Waals surface area contributed by atoms with Crippen molar-refractivity contribution < 1.29 is 0 Å². The first-order chi connectivity index (χ1) is 14.8. The Balaban J connectivity index is 1.86. The largest absolute Gasteiger partial charge is 0.326 e. The molecule has 0 heterocycles. The lowest BCUT2D eigenvalue weighted by Gasteiger charge is -2.13. The van der Waals surface area contributed by atoms with Gasteiger partial charge >= 0.3 is 0 Å². The van der Waals surface area contributed by atoms with Gasteiger partial charge in [0.1, 0.15) is 0 Å². The van der Waals surface area contributed by atoms with Gasteiger partial charge in [0.2, 0.25) is 0 Å². The molecule has 4 aromatic rings. The third-order valence-corrected chi connectivity index (χ3v) is 5.35. The molecule has 4 N–H and O–H groups in total. The first-order valence-electron chi connectivity index (χ1n) is 10.2. The maximum absolute atomic E-state index is 5.80. The van der Waals surface area contributed by atoms with Crippen molar-refractivity contribution in [3.63, 3.8) is 0 Å². The molecular weight excluding hydrogens is 364 g/mol. The van der Waals surface area contributed by atoms with Gasteiger partial charge in [0.05, 0.1) is 0 Å². The van der Waals surface area contributed by atoms with Crippen molar-refractivity contribution in [3.05, 3.63) is 131 Å². The molecule has 0 unspecified atom stereocenters. The van der Waals surface area contributed by atoms with Crippen LogP contribution in [0.4, 0.5) is 0 Å². The number of nitrogens with two attached hydrogens (primary N) is 2. The molecule has 0 aliphatic rings. The Morgan fingerprint density at radius 1 is 0.567 bits per heavy atom. The van der Waals surface area contributed by atoms with Crippen molar-refractivity contribution in [2.24, 2.45) is 11.5 Å². The van der Waals surface area contributed by atoms with Crippen molar-refractivity contribution in [1.29, 1.82) is 0 Å². The summed E-state index contributed by atoms with van der Waals surface area (Å²) in [7, 11) is 0. The molecule has 0 atom stereocenters. The lowest BCUT2D eigenvalue weighted by Crippen LogP contribution is -1.98. The third kappa shape index (κ3) is 4.41. The van der Waals surface area contributed by atoms with Gasteiger partial charge in [-0.05, 0) is 50.6 Å². The second-order valence-electron chi connectivity index (χ2n) is 7.31. The van der Waals surface area contributed by atoms with Gasteiger partial charge in [-0.1, -0.05) is 103 Å². The van der Waals surface area contributed by atoms with Crippen LogP contribution in [0.2, 0.25) is 0 Å². The fourth-order valence-corrected chi connectivity index (χ4v) is 3.63. The van der Waals surface area contributed by atoms with Crippen LogP contribution in [0, 0.1) is 0 Å². The molecule has 0 saturated carbocycles. The summed E-state index contributed by atoms with van der Waals surface area (Å²) < 4.78 is 0. The van der Waals surface area contributed by atoms with Gasteiger partial charge in [-0.2, -0.15) is 0 Å². The summed E-state index contributed by atoms with van der Waals surface area (Å²) in [5.74, 6) is 0. The van der Waals surface area contributed by atoms with E-state index in [1.165, 1.54) is 22.3 Å². The molecule has 0 aromatic heterocycles. The molecule has 0 fully saturated rings. The highest BCUT2D eigenvalue weighted by Crippen LogP contribution is 2.31. The zero-order valence-electron chi connectivity index (χ0n) is 17.0. The average Bonchev–Trinajstić information content (AvgIpc) is 2.83. The van der Waals surface area contributed by atoms with Crippen LogP contribution in [-0.2, 0) is 13.1 Å². The van der Waals surface area contributed by atoms with Gasteiger partial charge in [-0.15, -0.1) is 0 Å². The molecule has 4 aromatic carbocycles. The minimum Gasteiger partial charge on any atom is -0.326 e. The zero-order valence-corrected chi connectivity index (χ0v) is 17.0. The quantitative estimate of drug-likeness (QED) is 0.405. The molecular formula is C28H26N2.